The fourth-order valence-corrected chi connectivity index (χ4v) is 2.54. The van der Waals surface area contributed by atoms with Crippen molar-refractivity contribution in [3.63, 3.8) is 0 Å². The Morgan fingerprint density at radius 3 is 2.03 bits per heavy atom. The third-order valence-corrected chi connectivity index (χ3v) is 4.03. The molecule has 9 nitrogen and oxygen atoms in total. The van der Waals surface area contributed by atoms with Gasteiger partial charge in [-0.25, -0.2) is 4.79 Å². The van der Waals surface area contributed by atoms with Crippen LogP contribution < -0.4 is 14.8 Å². The molecule has 0 radical (unpaired) electrons. The van der Waals surface area contributed by atoms with Gasteiger partial charge in [0.15, 0.2) is 0 Å². The summed E-state index contributed by atoms with van der Waals surface area (Å²) in [5, 5.41) is 23.1. The van der Waals surface area contributed by atoms with Gasteiger partial charge in [-0.05, 0) is 30.0 Å². The lowest BCUT2D eigenvalue weighted by Gasteiger charge is -2.15. The summed E-state index contributed by atoms with van der Waals surface area (Å²) in [5.41, 5.74) is 0.237. The monoisotopic (exact) mass is 430 g/mol. The molecule has 0 aliphatic carbocycles. The highest BCUT2D eigenvalue weighted by Gasteiger charge is 2.19. The van der Waals surface area contributed by atoms with Crippen LogP contribution in [0, 0.1) is 22.0 Å². The number of aromatic carboxylic acids is 1. The van der Waals surface area contributed by atoms with E-state index in [9.17, 15) is 24.8 Å². The number of hydrogen-bond donors (Lipinski definition) is 2. The molecule has 0 heterocycles. The summed E-state index contributed by atoms with van der Waals surface area (Å²) in [5.74, 6) is -1.12. The Morgan fingerprint density at radius 1 is 0.968 bits per heavy atom. The topological polar surface area (TPSA) is 128 Å². The summed E-state index contributed by atoms with van der Waals surface area (Å²) in [6, 6.07) is 7.99. The lowest BCUT2D eigenvalue weighted by molar-refractivity contribution is -0.384. The van der Waals surface area contributed by atoms with Crippen LogP contribution in [-0.2, 0) is 0 Å². The van der Waals surface area contributed by atoms with E-state index in [1.807, 2.05) is 27.7 Å². The highest BCUT2D eigenvalue weighted by Crippen LogP contribution is 2.28. The molecule has 0 atom stereocenters. The van der Waals surface area contributed by atoms with E-state index in [1.165, 1.54) is 36.4 Å². The minimum Gasteiger partial charge on any atom is -0.492 e. The number of nitrogens with zero attached hydrogens (tertiary/aromatic N) is 1. The van der Waals surface area contributed by atoms with Gasteiger partial charge >= 0.3 is 5.97 Å². The number of carboxylic acids is 1. The molecule has 0 aliphatic rings. The Morgan fingerprint density at radius 2 is 1.52 bits per heavy atom. The number of rotatable bonds is 10. The first-order valence-electron chi connectivity index (χ1n) is 9.81. The number of hydrogen-bond acceptors (Lipinski definition) is 6. The van der Waals surface area contributed by atoms with Crippen LogP contribution in [0.25, 0.3) is 0 Å². The molecule has 0 saturated carbocycles. The van der Waals surface area contributed by atoms with E-state index in [-0.39, 0.29) is 46.8 Å². The first kappa shape index (κ1) is 23.7. The molecule has 1 amide bonds. The Bertz CT molecular complexity index is 970. The van der Waals surface area contributed by atoms with Crippen molar-refractivity contribution in [2.45, 2.75) is 27.7 Å². The van der Waals surface area contributed by atoms with Crippen molar-refractivity contribution >= 4 is 23.3 Å². The number of carbonyl (C=O) groups excluding carboxylic acids is 1. The number of benzene rings is 2. The Hall–Kier alpha value is -3.62. The Balaban J connectivity index is 2.32. The number of ether oxygens (including phenoxy) is 2. The maximum absolute atomic E-state index is 12.8. The van der Waals surface area contributed by atoms with Gasteiger partial charge in [-0.1, -0.05) is 27.7 Å². The second kappa shape index (κ2) is 10.4. The summed E-state index contributed by atoms with van der Waals surface area (Å²) in [4.78, 5) is 34.8. The number of carboxylic acid groups (broad SMARTS) is 1. The highest BCUT2D eigenvalue weighted by molar-refractivity contribution is 6.06. The SMILES string of the molecule is CC(C)COc1cc(NC(=O)c2ccc([N+](=O)[O-])cc2OCC(C)C)ccc1C(=O)O. The Labute approximate surface area is 180 Å². The van der Waals surface area contributed by atoms with Crippen LogP contribution in [0.3, 0.4) is 0 Å². The zero-order valence-corrected chi connectivity index (χ0v) is 17.9. The molecule has 31 heavy (non-hydrogen) atoms. The normalized spacial score (nSPS) is 10.8. The van der Waals surface area contributed by atoms with Crippen LogP contribution in [0.5, 0.6) is 11.5 Å². The van der Waals surface area contributed by atoms with Crippen LogP contribution in [0.2, 0.25) is 0 Å². The number of carbonyl (C=O) groups is 2. The average Bonchev–Trinajstić information content (AvgIpc) is 2.70. The summed E-state index contributed by atoms with van der Waals surface area (Å²) in [6.07, 6.45) is 0. The fraction of sp³-hybridized carbons (Fsp3) is 0.364. The summed E-state index contributed by atoms with van der Waals surface area (Å²) >= 11 is 0. The van der Waals surface area contributed by atoms with Gasteiger partial charge in [0, 0.05) is 17.8 Å². The summed E-state index contributed by atoms with van der Waals surface area (Å²) < 4.78 is 11.2. The molecule has 2 N–H and O–H groups in total. The highest BCUT2D eigenvalue weighted by atomic mass is 16.6. The van der Waals surface area contributed by atoms with Crippen molar-refractivity contribution in [3.8, 4) is 11.5 Å². The summed E-state index contributed by atoms with van der Waals surface area (Å²) in [7, 11) is 0. The summed E-state index contributed by atoms with van der Waals surface area (Å²) in [6.45, 7) is 8.29. The minimum atomic E-state index is -1.14. The number of nitro benzene ring substituents is 1. The van der Waals surface area contributed by atoms with Crippen molar-refractivity contribution in [1.29, 1.82) is 0 Å². The number of amides is 1. The van der Waals surface area contributed by atoms with Crippen LogP contribution in [0.15, 0.2) is 36.4 Å². The molecular weight excluding hydrogens is 404 g/mol. The zero-order chi connectivity index (χ0) is 23.1. The smallest absolute Gasteiger partial charge is 0.339 e. The number of nitrogens with one attached hydrogen (secondary N) is 1. The first-order chi connectivity index (χ1) is 14.6. The Kier molecular flexibility index (Phi) is 7.95. The molecule has 0 unspecified atom stereocenters. The van der Waals surface area contributed by atoms with Gasteiger partial charge in [0.1, 0.15) is 17.1 Å². The van der Waals surface area contributed by atoms with E-state index in [2.05, 4.69) is 5.32 Å². The molecule has 0 fully saturated rings. The van der Waals surface area contributed by atoms with Gasteiger partial charge in [0.2, 0.25) is 0 Å². The maximum atomic E-state index is 12.8. The van der Waals surface area contributed by atoms with E-state index < -0.39 is 16.8 Å². The van der Waals surface area contributed by atoms with Gasteiger partial charge < -0.3 is 19.9 Å². The quantitative estimate of drug-likeness (QED) is 0.416. The van der Waals surface area contributed by atoms with Crippen molar-refractivity contribution in [2.24, 2.45) is 11.8 Å². The molecule has 0 aliphatic heterocycles. The predicted octanol–water partition coefficient (Wildman–Crippen LogP) is 4.61. The van der Waals surface area contributed by atoms with Crippen molar-refractivity contribution in [2.75, 3.05) is 18.5 Å². The van der Waals surface area contributed by atoms with Crippen LogP contribution in [-0.4, -0.2) is 35.1 Å². The molecule has 0 saturated heterocycles. The second-order valence-corrected chi connectivity index (χ2v) is 7.82. The van der Waals surface area contributed by atoms with Crippen LogP contribution >= 0.6 is 0 Å². The maximum Gasteiger partial charge on any atom is 0.339 e. The van der Waals surface area contributed by atoms with Gasteiger partial charge in [-0.15, -0.1) is 0 Å². The van der Waals surface area contributed by atoms with Gasteiger partial charge in [0.05, 0.1) is 29.8 Å². The third-order valence-electron chi connectivity index (χ3n) is 4.03. The van der Waals surface area contributed by atoms with Gasteiger partial charge in [-0.3, -0.25) is 14.9 Å². The molecule has 2 aromatic rings. The molecule has 2 rings (SSSR count). The van der Waals surface area contributed by atoms with Crippen molar-refractivity contribution in [3.05, 3.63) is 57.6 Å². The number of anilines is 1. The zero-order valence-electron chi connectivity index (χ0n) is 17.9. The molecule has 0 aromatic heterocycles. The minimum absolute atomic E-state index is 0.0186. The van der Waals surface area contributed by atoms with Gasteiger partial charge in [0.25, 0.3) is 11.6 Å². The molecule has 9 heteroatoms. The standard InChI is InChI=1S/C22H26N2O7/c1-13(2)11-30-19-9-15(5-7-18(19)22(26)27)23-21(25)17-8-6-16(24(28)29)10-20(17)31-12-14(3)4/h5-10,13-14H,11-12H2,1-4H3,(H,23,25)(H,26,27). The first-order valence-corrected chi connectivity index (χ1v) is 9.81. The second-order valence-electron chi connectivity index (χ2n) is 7.82. The molecule has 0 bridgehead atoms. The average molecular weight is 430 g/mol. The number of nitro groups is 1. The molecule has 166 valence electrons. The van der Waals surface area contributed by atoms with E-state index in [0.717, 1.165) is 0 Å². The van der Waals surface area contributed by atoms with E-state index in [0.29, 0.717) is 12.3 Å². The van der Waals surface area contributed by atoms with Crippen LogP contribution in [0.1, 0.15) is 48.4 Å². The molecule has 0 spiro atoms. The van der Waals surface area contributed by atoms with E-state index in [4.69, 9.17) is 9.47 Å². The lowest BCUT2D eigenvalue weighted by atomic mass is 10.1. The van der Waals surface area contributed by atoms with E-state index >= 15 is 0 Å². The lowest BCUT2D eigenvalue weighted by Crippen LogP contribution is -2.16. The van der Waals surface area contributed by atoms with Crippen LogP contribution in [0.4, 0.5) is 11.4 Å². The molecular formula is C22H26N2O7. The largest absolute Gasteiger partial charge is 0.492 e. The third kappa shape index (κ3) is 6.70. The number of non-ortho nitro benzene ring substituents is 1. The van der Waals surface area contributed by atoms with Crippen molar-refractivity contribution < 1.29 is 29.1 Å². The van der Waals surface area contributed by atoms with Crippen molar-refractivity contribution in [1.82, 2.24) is 0 Å². The predicted molar refractivity (Wildman–Crippen MR) is 115 cm³/mol. The van der Waals surface area contributed by atoms with Gasteiger partial charge in [-0.2, -0.15) is 0 Å². The fourth-order valence-electron chi connectivity index (χ4n) is 2.54. The van der Waals surface area contributed by atoms with E-state index in [1.54, 1.807) is 0 Å². The molecule has 2 aromatic carbocycles.